The lowest BCUT2D eigenvalue weighted by Gasteiger charge is -2.29. The highest BCUT2D eigenvalue weighted by atomic mass is 16.7. The molecular weight excluding hydrogens is 424 g/mol. The first kappa shape index (κ1) is 21.5. The van der Waals surface area contributed by atoms with E-state index in [4.69, 9.17) is 19.9 Å². The fourth-order valence-electron chi connectivity index (χ4n) is 4.18. The number of fused-ring (bicyclic) bond motifs is 2. The predicted molar refractivity (Wildman–Crippen MR) is 121 cm³/mol. The molecule has 172 valence electrons. The summed E-state index contributed by atoms with van der Waals surface area (Å²) < 4.78 is 20.4. The second-order valence-electron chi connectivity index (χ2n) is 8.73. The number of nitrogens with zero attached hydrogens (tertiary/aromatic N) is 5. The van der Waals surface area contributed by atoms with Gasteiger partial charge in [-0.2, -0.15) is 0 Å². The van der Waals surface area contributed by atoms with Gasteiger partial charge in [0.25, 0.3) is 0 Å². The van der Waals surface area contributed by atoms with Gasteiger partial charge in [-0.3, -0.25) is 0 Å². The molecule has 0 unspecified atom stereocenters. The zero-order valence-electron chi connectivity index (χ0n) is 18.6. The Morgan fingerprint density at radius 1 is 1.18 bits per heavy atom. The van der Waals surface area contributed by atoms with E-state index in [0.29, 0.717) is 23.8 Å². The molecule has 10 nitrogen and oxygen atoms in total. The van der Waals surface area contributed by atoms with E-state index < -0.39 is 18.1 Å². The highest BCUT2D eigenvalue weighted by Gasteiger charge is 2.46. The van der Waals surface area contributed by atoms with E-state index in [-0.39, 0.29) is 12.0 Å². The molecule has 0 spiro atoms. The van der Waals surface area contributed by atoms with Crippen LogP contribution in [-0.2, 0) is 9.47 Å². The van der Waals surface area contributed by atoms with Gasteiger partial charge in [-0.15, -0.1) is 0 Å². The summed E-state index contributed by atoms with van der Waals surface area (Å²) in [5.41, 5.74) is 7.45. The highest BCUT2D eigenvalue weighted by Crippen LogP contribution is 2.40. The third-order valence-electron chi connectivity index (χ3n) is 5.83. The maximum atomic E-state index is 10.4. The van der Waals surface area contributed by atoms with Gasteiger partial charge in [-0.25, -0.2) is 19.9 Å². The van der Waals surface area contributed by atoms with Crippen LogP contribution in [0.4, 0.5) is 5.82 Å². The number of nitrogen functional groups attached to an aromatic ring is 1. The van der Waals surface area contributed by atoms with Crippen LogP contribution in [0.3, 0.4) is 0 Å². The lowest BCUT2D eigenvalue weighted by atomic mass is 10.00. The number of nitrogens with two attached hydrogens (primary N) is 1. The van der Waals surface area contributed by atoms with Crippen molar-refractivity contribution >= 4 is 27.8 Å². The number of ether oxygens (including phenoxy) is 3. The lowest BCUT2D eigenvalue weighted by Crippen LogP contribution is -2.37. The van der Waals surface area contributed by atoms with Crippen molar-refractivity contribution < 1.29 is 19.3 Å². The first-order chi connectivity index (χ1) is 15.8. The van der Waals surface area contributed by atoms with Gasteiger partial charge in [0.15, 0.2) is 12.0 Å². The molecule has 10 heteroatoms. The van der Waals surface area contributed by atoms with Crippen molar-refractivity contribution in [2.24, 2.45) is 5.92 Å². The van der Waals surface area contributed by atoms with Crippen LogP contribution in [0, 0.1) is 5.92 Å². The SMILES string of the molecule is C[C@H]1[C@@H](OC(C)(C)O)[C@H](n2ccc3c(N)ncnc32)O[C@@H]1COc1ccc2cncnc2c1. The minimum Gasteiger partial charge on any atom is -0.491 e. The molecule has 5 rings (SSSR count). The monoisotopic (exact) mass is 450 g/mol. The Kier molecular flexibility index (Phi) is 5.35. The van der Waals surface area contributed by atoms with E-state index >= 15 is 0 Å². The van der Waals surface area contributed by atoms with Gasteiger partial charge < -0.3 is 29.6 Å². The number of aromatic nitrogens is 5. The number of aliphatic hydroxyl groups is 1. The van der Waals surface area contributed by atoms with Gasteiger partial charge in [0, 0.05) is 29.8 Å². The van der Waals surface area contributed by atoms with E-state index in [0.717, 1.165) is 16.3 Å². The normalized spacial score (nSPS) is 23.4. The maximum absolute atomic E-state index is 10.4. The molecule has 3 N–H and O–H groups in total. The molecule has 0 radical (unpaired) electrons. The van der Waals surface area contributed by atoms with Crippen LogP contribution >= 0.6 is 0 Å². The summed E-state index contributed by atoms with van der Waals surface area (Å²) in [6, 6.07) is 7.52. The Morgan fingerprint density at radius 2 is 2.03 bits per heavy atom. The molecule has 1 aliphatic heterocycles. The second kappa shape index (κ2) is 8.22. The highest BCUT2D eigenvalue weighted by molar-refractivity contribution is 5.86. The molecule has 4 aromatic rings. The van der Waals surface area contributed by atoms with Crippen molar-refractivity contribution in [3.8, 4) is 5.75 Å². The molecule has 0 aliphatic carbocycles. The van der Waals surface area contributed by atoms with Crippen molar-refractivity contribution in [1.82, 2.24) is 24.5 Å². The summed E-state index contributed by atoms with van der Waals surface area (Å²) >= 11 is 0. The molecule has 4 atom stereocenters. The largest absolute Gasteiger partial charge is 0.491 e. The zero-order valence-corrected chi connectivity index (χ0v) is 18.6. The molecule has 1 fully saturated rings. The summed E-state index contributed by atoms with van der Waals surface area (Å²) in [6.45, 7) is 5.53. The summed E-state index contributed by atoms with van der Waals surface area (Å²) in [6.07, 6.45) is 5.26. The fourth-order valence-corrected chi connectivity index (χ4v) is 4.18. The Bertz CT molecular complexity index is 1290. The molecule has 1 saturated heterocycles. The maximum Gasteiger partial charge on any atom is 0.162 e. The van der Waals surface area contributed by atoms with E-state index in [1.165, 1.54) is 12.7 Å². The average Bonchev–Trinajstić information content (AvgIpc) is 3.34. The van der Waals surface area contributed by atoms with Crippen LogP contribution in [0.25, 0.3) is 21.9 Å². The second-order valence-corrected chi connectivity index (χ2v) is 8.73. The topological polar surface area (TPSA) is 130 Å². The Balaban J connectivity index is 1.40. The summed E-state index contributed by atoms with van der Waals surface area (Å²) in [7, 11) is 0. The predicted octanol–water partition coefficient (Wildman–Crippen LogP) is 2.68. The number of hydrogen-bond acceptors (Lipinski definition) is 9. The molecule has 3 aromatic heterocycles. The van der Waals surface area contributed by atoms with E-state index in [1.807, 2.05) is 42.0 Å². The van der Waals surface area contributed by atoms with Crippen molar-refractivity contribution in [2.75, 3.05) is 12.3 Å². The number of hydrogen-bond donors (Lipinski definition) is 2. The number of benzene rings is 1. The van der Waals surface area contributed by atoms with Gasteiger partial charge in [0.05, 0.1) is 17.0 Å². The molecule has 4 heterocycles. The van der Waals surface area contributed by atoms with Gasteiger partial charge in [-0.05, 0) is 32.0 Å². The minimum atomic E-state index is -1.34. The average molecular weight is 450 g/mol. The standard InChI is InChI=1S/C23H26N6O4/c1-13-18(10-31-15-5-4-14-9-25-11-26-17(14)8-15)32-22(19(13)33-23(2,3)30)29-7-6-16-20(24)27-12-28-21(16)29/h4-9,11-13,18-19,22,30H,10H2,1-3H3,(H2,24,27,28)/t13-,18-,19-,22-/m1/s1. The molecule has 0 amide bonds. The first-order valence-corrected chi connectivity index (χ1v) is 10.8. The van der Waals surface area contributed by atoms with Crippen LogP contribution in [0.15, 0.2) is 49.3 Å². The van der Waals surface area contributed by atoms with Crippen LogP contribution in [-0.4, -0.2) is 54.2 Å². The Morgan fingerprint density at radius 3 is 2.85 bits per heavy atom. The zero-order chi connectivity index (χ0) is 23.2. The van der Waals surface area contributed by atoms with E-state index in [9.17, 15) is 5.11 Å². The summed E-state index contributed by atoms with van der Waals surface area (Å²) in [5, 5.41) is 12.1. The van der Waals surface area contributed by atoms with Crippen LogP contribution in [0.2, 0.25) is 0 Å². The lowest BCUT2D eigenvalue weighted by molar-refractivity contribution is -0.227. The molecule has 1 aromatic carbocycles. The van der Waals surface area contributed by atoms with Crippen molar-refractivity contribution in [2.45, 2.75) is 45.0 Å². The fraction of sp³-hybridized carbons (Fsp3) is 0.391. The third kappa shape index (κ3) is 4.20. The molecule has 0 saturated carbocycles. The number of rotatable bonds is 6. The van der Waals surface area contributed by atoms with E-state index in [1.54, 1.807) is 20.0 Å². The van der Waals surface area contributed by atoms with Gasteiger partial charge in [0.1, 0.15) is 42.6 Å². The van der Waals surface area contributed by atoms with Gasteiger partial charge in [-0.1, -0.05) is 6.92 Å². The van der Waals surface area contributed by atoms with Gasteiger partial charge >= 0.3 is 0 Å². The number of anilines is 1. The summed E-state index contributed by atoms with van der Waals surface area (Å²) in [4.78, 5) is 16.7. The first-order valence-electron chi connectivity index (χ1n) is 10.8. The Hall–Kier alpha value is -3.34. The van der Waals surface area contributed by atoms with E-state index in [2.05, 4.69) is 19.9 Å². The molecular formula is C23H26N6O4. The van der Waals surface area contributed by atoms with Crippen LogP contribution in [0.1, 0.15) is 27.0 Å². The molecule has 33 heavy (non-hydrogen) atoms. The quantitative estimate of drug-likeness (QED) is 0.426. The Labute approximate surface area is 190 Å². The smallest absolute Gasteiger partial charge is 0.162 e. The molecule has 1 aliphatic rings. The van der Waals surface area contributed by atoms with Crippen LogP contribution < -0.4 is 10.5 Å². The molecule has 0 bridgehead atoms. The summed E-state index contributed by atoms with van der Waals surface area (Å²) in [5.74, 6) is -0.344. The van der Waals surface area contributed by atoms with Crippen molar-refractivity contribution in [3.63, 3.8) is 0 Å². The third-order valence-corrected chi connectivity index (χ3v) is 5.83. The van der Waals surface area contributed by atoms with Crippen molar-refractivity contribution in [1.29, 1.82) is 0 Å². The van der Waals surface area contributed by atoms with Crippen LogP contribution in [0.5, 0.6) is 5.75 Å². The van der Waals surface area contributed by atoms with Crippen molar-refractivity contribution in [3.05, 3.63) is 49.3 Å². The minimum absolute atomic E-state index is 0.0826. The van der Waals surface area contributed by atoms with Gasteiger partial charge in [0.2, 0.25) is 0 Å².